The molecule has 1 amide bonds. The molecule has 2 aromatic heterocycles. The molecule has 1 N–H and O–H groups in total. The Bertz CT molecular complexity index is 1080. The molecule has 0 aliphatic heterocycles. The van der Waals surface area contributed by atoms with Gasteiger partial charge in [-0.3, -0.25) is 9.48 Å². The third-order valence-electron chi connectivity index (χ3n) is 4.50. The molecule has 4 rings (SSSR count). The monoisotopic (exact) mass is 438 g/mol. The number of fused-ring (bicyclic) bond motifs is 1. The average Bonchev–Trinajstić information content (AvgIpc) is 3.30. The van der Waals surface area contributed by atoms with Crippen molar-refractivity contribution >= 4 is 38.4 Å². The largest absolute Gasteiger partial charge is 0.492 e. The summed E-state index contributed by atoms with van der Waals surface area (Å²) in [6.45, 7) is 1.15. The van der Waals surface area contributed by atoms with E-state index >= 15 is 0 Å². The predicted octanol–water partition coefficient (Wildman–Crippen LogP) is 4.47. The van der Waals surface area contributed by atoms with E-state index in [1.807, 2.05) is 77.1 Å². The highest BCUT2D eigenvalue weighted by Gasteiger charge is 2.19. The standard InChI is InChI=1S/C21H19BrN4O2/c1-25-18-9-3-2-8-17(18)19(22)20(25)21(27)24-15-6-4-7-16(14-15)28-13-12-26-11-5-10-23-26/h2-11,14H,12-13H2,1H3,(H,24,27). The lowest BCUT2D eigenvalue weighted by Crippen LogP contribution is -2.16. The van der Waals surface area contributed by atoms with Gasteiger partial charge in [-0.15, -0.1) is 0 Å². The van der Waals surface area contributed by atoms with E-state index in [4.69, 9.17) is 4.74 Å². The van der Waals surface area contributed by atoms with Crippen molar-refractivity contribution in [3.63, 3.8) is 0 Å². The number of anilines is 1. The van der Waals surface area contributed by atoms with Crippen molar-refractivity contribution in [3.05, 3.63) is 77.2 Å². The molecular weight excluding hydrogens is 420 g/mol. The van der Waals surface area contributed by atoms with Gasteiger partial charge < -0.3 is 14.6 Å². The topological polar surface area (TPSA) is 61.1 Å². The molecule has 0 aliphatic rings. The zero-order chi connectivity index (χ0) is 19.5. The van der Waals surface area contributed by atoms with E-state index in [0.29, 0.717) is 30.3 Å². The van der Waals surface area contributed by atoms with Crippen LogP contribution in [-0.4, -0.2) is 26.9 Å². The molecule has 4 aromatic rings. The summed E-state index contributed by atoms with van der Waals surface area (Å²) >= 11 is 3.57. The maximum atomic E-state index is 12.9. The number of nitrogens with zero attached hydrogens (tertiary/aromatic N) is 3. The van der Waals surface area contributed by atoms with Gasteiger partial charge in [0.25, 0.3) is 5.91 Å². The average molecular weight is 439 g/mol. The Morgan fingerprint density at radius 3 is 2.82 bits per heavy atom. The molecule has 28 heavy (non-hydrogen) atoms. The molecule has 0 fully saturated rings. The minimum atomic E-state index is -0.181. The van der Waals surface area contributed by atoms with Gasteiger partial charge in [0.15, 0.2) is 0 Å². The fourth-order valence-corrected chi connectivity index (χ4v) is 3.92. The molecule has 142 valence electrons. The number of hydrogen-bond acceptors (Lipinski definition) is 3. The molecule has 0 atom stereocenters. The van der Waals surface area contributed by atoms with Gasteiger partial charge in [-0.05, 0) is 40.2 Å². The summed E-state index contributed by atoms with van der Waals surface area (Å²) in [5, 5.41) is 8.11. The number of carbonyl (C=O) groups is 1. The minimum absolute atomic E-state index is 0.181. The zero-order valence-electron chi connectivity index (χ0n) is 15.3. The van der Waals surface area contributed by atoms with Crippen molar-refractivity contribution in [2.45, 2.75) is 6.54 Å². The van der Waals surface area contributed by atoms with Crippen LogP contribution in [0.15, 0.2) is 71.5 Å². The van der Waals surface area contributed by atoms with Crippen molar-refractivity contribution in [1.82, 2.24) is 14.3 Å². The lowest BCUT2D eigenvalue weighted by Gasteiger charge is -2.10. The van der Waals surface area contributed by atoms with Crippen LogP contribution in [0.4, 0.5) is 5.69 Å². The van der Waals surface area contributed by atoms with Crippen molar-refractivity contribution in [2.24, 2.45) is 7.05 Å². The van der Waals surface area contributed by atoms with Crippen LogP contribution in [0.1, 0.15) is 10.5 Å². The Morgan fingerprint density at radius 2 is 2.04 bits per heavy atom. The maximum absolute atomic E-state index is 12.9. The molecule has 2 aromatic carbocycles. The van der Waals surface area contributed by atoms with Crippen LogP contribution in [-0.2, 0) is 13.6 Å². The van der Waals surface area contributed by atoms with E-state index in [0.717, 1.165) is 15.4 Å². The number of carbonyl (C=O) groups excluding carboxylic acids is 1. The molecule has 0 bridgehead atoms. The second kappa shape index (κ2) is 7.90. The summed E-state index contributed by atoms with van der Waals surface area (Å²) in [5.41, 5.74) is 2.25. The number of rotatable bonds is 6. The number of aromatic nitrogens is 3. The quantitative estimate of drug-likeness (QED) is 0.482. The van der Waals surface area contributed by atoms with Crippen molar-refractivity contribution in [3.8, 4) is 5.75 Å². The highest BCUT2D eigenvalue weighted by Crippen LogP contribution is 2.31. The Morgan fingerprint density at radius 1 is 1.18 bits per heavy atom. The second-order valence-corrected chi connectivity index (χ2v) is 7.13. The first-order valence-corrected chi connectivity index (χ1v) is 9.67. The summed E-state index contributed by atoms with van der Waals surface area (Å²) in [4.78, 5) is 12.9. The third-order valence-corrected chi connectivity index (χ3v) is 5.30. The number of halogens is 1. The van der Waals surface area contributed by atoms with Gasteiger partial charge in [-0.25, -0.2) is 0 Å². The Labute approximate surface area is 170 Å². The Hall–Kier alpha value is -3.06. The molecule has 6 nitrogen and oxygen atoms in total. The van der Waals surface area contributed by atoms with Gasteiger partial charge in [0, 0.05) is 42.1 Å². The first-order valence-electron chi connectivity index (χ1n) is 8.88. The number of hydrogen-bond donors (Lipinski definition) is 1. The summed E-state index contributed by atoms with van der Waals surface area (Å²) in [5.74, 6) is 0.514. The molecule has 0 saturated heterocycles. The third kappa shape index (κ3) is 3.66. The first-order chi connectivity index (χ1) is 13.6. The van der Waals surface area contributed by atoms with Gasteiger partial charge in [-0.1, -0.05) is 24.3 Å². The number of amides is 1. The lowest BCUT2D eigenvalue weighted by atomic mass is 10.2. The fraction of sp³-hybridized carbons (Fsp3) is 0.143. The molecular formula is C21H19BrN4O2. The Kier molecular flexibility index (Phi) is 5.16. The lowest BCUT2D eigenvalue weighted by molar-refractivity contribution is 0.101. The van der Waals surface area contributed by atoms with Crippen LogP contribution < -0.4 is 10.1 Å². The predicted molar refractivity (Wildman–Crippen MR) is 113 cm³/mol. The summed E-state index contributed by atoms with van der Waals surface area (Å²) < 4.78 is 10.3. The summed E-state index contributed by atoms with van der Waals surface area (Å²) in [6.07, 6.45) is 3.63. The van der Waals surface area contributed by atoms with E-state index in [2.05, 4.69) is 26.3 Å². The van der Waals surface area contributed by atoms with Crippen molar-refractivity contribution in [1.29, 1.82) is 0 Å². The number of ether oxygens (including phenoxy) is 1. The number of para-hydroxylation sites is 1. The van der Waals surface area contributed by atoms with E-state index < -0.39 is 0 Å². The molecule has 7 heteroatoms. The maximum Gasteiger partial charge on any atom is 0.273 e. The first kappa shape index (κ1) is 18.3. The van der Waals surface area contributed by atoms with Crippen LogP contribution in [0, 0.1) is 0 Å². The van der Waals surface area contributed by atoms with E-state index in [1.54, 1.807) is 6.20 Å². The highest BCUT2D eigenvalue weighted by molar-refractivity contribution is 9.10. The van der Waals surface area contributed by atoms with Crippen LogP contribution in [0.2, 0.25) is 0 Å². The van der Waals surface area contributed by atoms with Crippen molar-refractivity contribution in [2.75, 3.05) is 11.9 Å². The van der Waals surface area contributed by atoms with Gasteiger partial charge in [-0.2, -0.15) is 5.10 Å². The Balaban J connectivity index is 1.48. The van der Waals surface area contributed by atoms with E-state index in [9.17, 15) is 4.79 Å². The minimum Gasteiger partial charge on any atom is -0.492 e. The number of aryl methyl sites for hydroxylation is 1. The molecule has 0 spiro atoms. The van der Waals surface area contributed by atoms with Crippen LogP contribution in [0.25, 0.3) is 10.9 Å². The molecule has 0 radical (unpaired) electrons. The van der Waals surface area contributed by atoms with Gasteiger partial charge in [0.1, 0.15) is 18.1 Å². The molecule has 0 aliphatic carbocycles. The SMILES string of the molecule is Cn1c(C(=O)Nc2cccc(OCCn3cccn3)c2)c(Br)c2ccccc21. The smallest absolute Gasteiger partial charge is 0.273 e. The van der Waals surface area contributed by atoms with Crippen molar-refractivity contribution < 1.29 is 9.53 Å². The molecule has 2 heterocycles. The summed E-state index contributed by atoms with van der Waals surface area (Å²) in [6, 6.07) is 17.2. The van der Waals surface area contributed by atoms with Gasteiger partial charge in [0.05, 0.1) is 11.0 Å². The summed E-state index contributed by atoms with van der Waals surface area (Å²) in [7, 11) is 1.89. The molecule has 0 unspecified atom stereocenters. The highest BCUT2D eigenvalue weighted by atomic mass is 79.9. The fourth-order valence-electron chi connectivity index (χ4n) is 3.14. The van der Waals surface area contributed by atoms with Gasteiger partial charge in [0.2, 0.25) is 0 Å². The van der Waals surface area contributed by atoms with Crippen LogP contribution in [0.3, 0.4) is 0 Å². The van der Waals surface area contributed by atoms with Gasteiger partial charge >= 0.3 is 0 Å². The van der Waals surface area contributed by atoms with E-state index in [-0.39, 0.29) is 5.91 Å². The van der Waals surface area contributed by atoms with Crippen LogP contribution >= 0.6 is 15.9 Å². The van der Waals surface area contributed by atoms with E-state index in [1.165, 1.54) is 0 Å². The normalized spacial score (nSPS) is 10.9. The number of benzene rings is 2. The second-order valence-electron chi connectivity index (χ2n) is 6.34. The molecule has 0 saturated carbocycles. The zero-order valence-corrected chi connectivity index (χ0v) is 16.9. The number of nitrogens with one attached hydrogen (secondary N) is 1. The van der Waals surface area contributed by atoms with Crippen LogP contribution in [0.5, 0.6) is 5.75 Å².